The Hall–Kier alpha value is -2.65. The van der Waals surface area contributed by atoms with Crippen LogP contribution >= 0.6 is 0 Å². The Morgan fingerprint density at radius 1 is 1.24 bits per heavy atom. The zero-order valence-corrected chi connectivity index (χ0v) is 13.7. The summed E-state index contributed by atoms with van der Waals surface area (Å²) in [5, 5.41) is 0. The van der Waals surface area contributed by atoms with Gasteiger partial charge < -0.3 is 24.8 Å². The van der Waals surface area contributed by atoms with Gasteiger partial charge in [0, 0.05) is 31.4 Å². The number of rotatable bonds is 4. The molecule has 0 saturated carbocycles. The van der Waals surface area contributed by atoms with Gasteiger partial charge in [-0.25, -0.2) is 4.79 Å². The smallest absolute Gasteiger partial charge is 0.414 e. The minimum absolute atomic E-state index is 0.252. The van der Waals surface area contributed by atoms with Gasteiger partial charge in [-0.3, -0.25) is 14.5 Å². The van der Waals surface area contributed by atoms with Crippen molar-refractivity contribution in [2.24, 2.45) is 5.73 Å². The van der Waals surface area contributed by atoms with Gasteiger partial charge in [-0.2, -0.15) is 0 Å². The van der Waals surface area contributed by atoms with E-state index in [1.807, 2.05) is 0 Å². The maximum Gasteiger partial charge on any atom is 0.414 e. The highest BCUT2D eigenvalue weighted by Gasteiger charge is 2.34. The first-order chi connectivity index (χ1) is 12.0. The molecule has 2 fully saturated rings. The topological polar surface area (TPSA) is 111 Å². The summed E-state index contributed by atoms with van der Waals surface area (Å²) in [5.74, 6) is -1.03. The molecule has 0 aromatic heterocycles. The summed E-state index contributed by atoms with van der Waals surface area (Å²) >= 11 is 0. The number of amides is 2. The van der Waals surface area contributed by atoms with Crippen molar-refractivity contribution >= 4 is 29.3 Å². The van der Waals surface area contributed by atoms with E-state index in [1.54, 1.807) is 24.3 Å². The summed E-state index contributed by atoms with van der Waals surface area (Å²) in [7, 11) is 0. The molecule has 2 amide bonds. The van der Waals surface area contributed by atoms with E-state index in [-0.39, 0.29) is 19.3 Å². The molecular weight excluding hydrogens is 330 g/mol. The predicted octanol–water partition coefficient (Wildman–Crippen LogP) is 0.223. The number of nitrogens with two attached hydrogens (primary N) is 1. The number of nitrogens with zero attached hydrogens (tertiary/aromatic N) is 2. The summed E-state index contributed by atoms with van der Waals surface area (Å²) in [6, 6.07) is 6.87. The third-order valence-electron chi connectivity index (χ3n) is 3.93. The maximum atomic E-state index is 12.4. The van der Waals surface area contributed by atoms with Crippen LogP contribution in [0.25, 0.3) is 0 Å². The number of benzene rings is 1. The molecule has 134 valence electrons. The first-order valence-electron chi connectivity index (χ1n) is 7.88. The van der Waals surface area contributed by atoms with Crippen molar-refractivity contribution in [2.75, 3.05) is 36.0 Å². The highest BCUT2D eigenvalue weighted by molar-refractivity contribution is 5.97. The largest absolute Gasteiger partial charge is 0.443 e. The first kappa shape index (κ1) is 17.2. The first-order valence-corrected chi connectivity index (χ1v) is 7.88. The summed E-state index contributed by atoms with van der Waals surface area (Å²) in [6.45, 7) is 2.47. The lowest BCUT2D eigenvalue weighted by Gasteiger charge is -2.31. The highest BCUT2D eigenvalue weighted by Crippen LogP contribution is 2.26. The molecule has 2 heterocycles. The number of carbonyl (C=O) groups excluding carboxylic acids is 3. The van der Waals surface area contributed by atoms with E-state index in [0.29, 0.717) is 24.5 Å². The molecule has 2 aliphatic rings. The van der Waals surface area contributed by atoms with Crippen molar-refractivity contribution in [2.45, 2.75) is 19.3 Å². The number of carbonyl (C=O) groups is 3. The number of hydrogen-bond acceptors (Lipinski definition) is 7. The molecule has 9 nitrogen and oxygen atoms in total. The molecule has 0 spiro atoms. The number of cyclic esters (lactones) is 1. The van der Waals surface area contributed by atoms with Crippen molar-refractivity contribution in [3.63, 3.8) is 0 Å². The molecule has 3 rings (SSSR count). The Bertz CT molecular complexity index is 677. The molecule has 2 N–H and O–H groups in total. The Labute approximate surface area is 144 Å². The van der Waals surface area contributed by atoms with Crippen LogP contribution < -0.4 is 15.5 Å². The average Bonchev–Trinajstić information content (AvgIpc) is 2.98. The van der Waals surface area contributed by atoms with Crippen LogP contribution in [0.15, 0.2) is 24.3 Å². The van der Waals surface area contributed by atoms with Crippen molar-refractivity contribution in [1.29, 1.82) is 0 Å². The highest BCUT2D eigenvalue weighted by atomic mass is 16.7. The van der Waals surface area contributed by atoms with Crippen LogP contribution in [0.1, 0.15) is 6.92 Å². The van der Waals surface area contributed by atoms with Crippen LogP contribution in [-0.4, -0.2) is 56.6 Å². The van der Waals surface area contributed by atoms with E-state index >= 15 is 0 Å². The fraction of sp³-hybridized carbons (Fsp3) is 0.438. The summed E-state index contributed by atoms with van der Waals surface area (Å²) in [6.07, 6.45) is -2.00. The van der Waals surface area contributed by atoms with Crippen molar-refractivity contribution in [1.82, 2.24) is 0 Å². The van der Waals surface area contributed by atoms with E-state index in [2.05, 4.69) is 0 Å². The zero-order valence-electron chi connectivity index (χ0n) is 13.7. The molecule has 1 aromatic rings. The van der Waals surface area contributed by atoms with E-state index in [1.165, 1.54) is 16.7 Å². The Morgan fingerprint density at radius 2 is 1.88 bits per heavy atom. The van der Waals surface area contributed by atoms with Gasteiger partial charge in [-0.1, -0.05) is 0 Å². The summed E-state index contributed by atoms with van der Waals surface area (Å²) < 4.78 is 15.2. The molecule has 1 aromatic carbocycles. The third-order valence-corrected chi connectivity index (χ3v) is 3.93. The fourth-order valence-corrected chi connectivity index (χ4v) is 2.72. The number of hydrogen-bond donors (Lipinski definition) is 1. The molecule has 0 aliphatic carbocycles. The van der Waals surface area contributed by atoms with Gasteiger partial charge in [0.05, 0.1) is 13.2 Å². The standard InChI is InChI=1S/C16H19N3O6/c1-10(20)24-15-14(21)18(6-7-23-15)11-2-4-12(5-3-11)19-9-13(8-17)25-16(19)22/h2-5,13,15H,6-9,17H2,1H3/t13-,15?/m1/s1. The monoisotopic (exact) mass is 349 g/mol. The zero-order chi connectivity index (χ0) is 18.0. The summed E-state index contributed by atoms with van der Waals surface area (Å²) in [4.78, 5) is 38.2. The number of esters is 1. The SMILES string of the molecule is CC(=O)OC1OCCN(c2ccc(N3C[C@@H](CN)OC3=O)cc2)C1=O. The fourth-order valence-electron chi connectivity index (χ4n) is 2.72. The minimum Gasteiger partial charge on any atom is -0.443 e. The van der Waals surface area contributed by atoms with Gasteiger partial charge >= 0.3 is 12.1 Å². The second-order valence-corrected chi connectivity index (χ2v) is 5.67. The lowest BCUT2D eigenvalue weighted by atomic mass is 10.2. The van der Waals surface area contributed by atoms with Gasteiger partial charge in [0.15, 0.2) is 0 Å². The number of morpholine rings is 1. The molecule has 0 radical (unpaired) electrons. The molecule has 0 bridgehead atoms. The molecule has 1 unspecified atom stereocenters. The van der Waals surface area contributed by atoms with Gasteiger partial charge in [0.1, 0.15) is 6.10 Å². The van der Waals surface area contributed by atoms with Crippen LogP contribution in [0.5, 0.6) is 0 Å². The van der Waals surface area contributed by atoms with Gasteiger partial charge in [-0.15, -0.1) is 0 Å². The normalized spacial score (nSPS) is 23.6. The van der Waals surface area contributed by atoms with Crippen LogP contribution in [0.3, 0.4) is 0 Å². The molecule has 2 atom stereocenters. The Balaban J connectivity index is 1.73. The average molecular weight is 349 g/mol. The van der Waals surface area contributed by atoms with Gasteiger partial charge in [0.2, 0.25) is 0 Å². The second kappa shape index (κ2) is 7.08. The van der Waals surface area contributed by atoms with E-state index in [4.69, 9.17) is 19.9 Å². The lowest BCUT2D eigenvalue weighted by molar-refractivity contribution is -0.187. The minimum atomic E-state index is -1.23. The van der Waals surface area contributed by atoms with Crippen LogP contribution in [0.4, 0.5) is 16.2 Å². The Morgan fingerprint density at radius 3 is 2.44 bits per heavy atom. The van der Waals surface area contributed by atoms with E-state index < -0.39 is 24.3 Å². The molecule has 9 heteroatoms. The second-order valence-electron chi connectivity index (χ2n) is 5.67. The van der Waals surface area contributed by atoms with Crippen LogP contribution in [-0.2, 0) is 23.8 Å². The summed E-state index contributed by atoms with van der Waals surface area (Å²) in [5.41, 5.74) is 6.80. The molecule has 25 heavy (non-hydrogen) atoms. The Kier molecular flexibility index (Phi) is 4.86. The van der Waals surface area contributed by atoms with Crippen molar-refractivity contribution in [3.05, 3.63) is 24.3 Å². The predicted molar refractivity (Wildman–Crippen MR) is 87.0 cm³/mol. The molecule has 2 saturated heterocycles. The van der Waals surface area contributed by atoms with Crippen molar-refractivity contribution < 1.29 is 28.6 Å². The number of ether oxygens (including phenoxy) is 3. The van der Waals surface area contributed by atoms with E-state index in [0.717, 1.165) is 0 Å². The van der Waals surface area contributed by atoms with E-state index in [9.17, 15) is 14.4 Å². The molecule has 2 aliphatic heterocycles. The molecular formula is C16H19N3O6. The van der Waals surface area contributed by atoms with Crippen LogP contribution in [0, 0.1) is 0 Å². The lowest BCUT2D eigenvalue weighted by Crippen LogP contribution is -2.49. The van der Waals surface area contributed by atoms with Gasteiger partial charge in [-0.05, 0) is 24.3 Å². The van der Waals surface area contributed by atoms with Crippen LogP contribution in [0.2, 0.25) is 0 Å². The maximum absolute atomic E-state index is 12.4. The number of anilines is 2. The third kappa shape index (κ3) is 3.57. The van der Waals surface area contributed by atoms with Crippen molar-refractivity contribution in [3.8, 4) is 0 Å². The van der Waals surface area contributed by atoms with Gasteiger partial charge in [0.25, 0.3) is 12.2 Å². The quantitative estimate of drug-likeness (QED) is 0.774.